The van der Waals surface area contributed by atoms with E-state index in [2.05, 4.69) is 9.97 Å². The van der Waals surface area contributed by atoms with Crippen LogP contribution in [-0.4, -0.2) is 33.7 Å². The highest BCUT2D eigenvalue weighted by Crippen LogP contribution is 2.11. The molecule has 2 aromatic heterocycles. The zero-order chi connectivity index (χ0) is 15.2. The van der Waals surface area contributed by atoms with E-state index in [1.54, 1.807) is 32.2 Å². The van der Waals surface area contributed by atoms with Crippen LogP contribution in [0, 0.1) is 0 Å². The smallest absolute Gasteiger partial charge is 0.314 e. The van der Waals surface area contributed by atoms with Gasteiger partial charge in [-0.05, 0) is 26.0 Å². The first kappa shape index (κ1) is 15.0. The number of aryl methyl sites for hydroxylation is 1. The van der Waals surface area contributed by atoms with Crippen LogP contribution in [0.15, 0.2) is 23.1 Å². The lowest BCUT2D eigenvalue weighted by molar-refractivity contribution is -0.143. The summed E-state index contributed by atoms with van der Waals surface area (Å²) >= 11 is 0. The first-order chi connectivity index (χ1) is 10.2. The molecule has 0 spiro atoms. The Bertz CT molecular complexity index is 696. The van der Waals surface area contributed by atoms with Crippen molar-refractivity contribution < 1.29 is 14.3 Å². The van der Waals surface area contributed by atoms with Crippen molar-refractivity contribution in [2.24, 2.45) is 0 Å². The molecule has 7 nitrogen and oxygen atoms in total. The van der Waals surface area contributed by atoms with Crippen LogP contribution in [0.25, 0.3) is 11.2 Å². The minimum Gasteiger partial charge on any atom is -0.474 e. The van der Waals surface area contributed by atoms with Crippen LogP contribution < -0.4 is 10.3 Å². The van der Waals surface area contributed by atoms with Crippen LogP contribution in [0.3, 0.4) is 0 Å². The number of hydrogen-bond donors (Lipinski definition) is 0. The van der Waals surface area contributed by atoms with E-state index < -0.39 is 5.56 Å². The minimum absolute atomic E-state index is 0.0156. The summed E-state index contributed by atoms with van der Waals surface area (Å²) in [6, 6.07) is 3.47. The van der Waals surface area contributed by atoms with Gasteiger partial charge in [-0.3, -0.25) is 14.2 Å². The molecule has 21 heavy (non-hydrogen) atoms. The van der Waals surface area contributed by atoms with E-state index in [9.17, 15) is 9.59 Å². The summed E-state index contributed by atoms with van der Waals surface area (Å²) in [5.74, 6) is -0.342. The van der Waals surface area contributed by atoms with Crippen LogP contribution in [0.5, 0.6) is 5.88 Å². The van der Waals surface area contributed by atoms with Crippen molar-refractivity contribution in [3.05, 3.63) is 28.7 Å². The molecule has 0 aliphatic carbocycles. The molecular formula is C14H17N3O4. The molecule has 0 N–H and O–H groups in total. The molecule has 112 valence electrons. The van der Waals surface area contributed by atoms with Gasteiger partial charge in [-0.1, -0.05) is 0 Å². The highest BCUT2D eigenvalue weighted by atomic mass is 16.5. The van der Waals surface area contributed by atoms with Crippen molar-refractivity contribution in [1.29, 1.82) is 0 Å². The van der Waals surface area contributed by atoms with Crippen molar-refractivity contribution >= 4 is 17.1 Å². The molecule has 0 aromatic carbocycles. The Hall–Kier alpha value is -2.44. The van der Waals surface area contributed by atoms with E-state index in [4.69, 9.17) is 9.47 Å². The van der Waals surface area contributed by atoms with E-state index in [1.165, 1.54) is 4.57 Å². The van der Waals surface area contributed by atoms with Gasteiger partial charge in [-0.2, -0.15) is 0 Å². The second-order valence-electron chi connectivity index (χ2n) is 4.21. The number of esters is 1. The highest BCUT2D eigenvalue weighted by Gasteiger charge is 2.14. The van der Waals surface area contributed by atoms with Crippen molar-refractivity contribution in [2.45, 2.75) is 26.8 Å². The molecule has 2 rings (SSSR count). The summed E-state index contributed by atoms with van der Waals surface area (Å²) < 4.78 is 11.5. The second kappa shape index (κ2) is 6.83. The number of hydrogen-bond acceptors (Lipinski definition) is 6. The van der Waals surface area contributed by atoms with Gasteiger partial charge in [0.25, 0.3) is 5.88 Å². The van der Waals surface area contributed by atoms with Crippen LogP contribution in [0.4, 0.5) is 0 Å². The molecule has 0 amide bonds. The number of rotatable bonds is 6. The number of carbonyl (C=O) groups excluding carboxylic acids is 1. The van der Waals surface area contributed by atoms with Crippen molar-refractivity contribution in [3.8, 4) is 5.88 Å². The first-order valence-corrected chi connectivity index (χ1v) is 6.81. The lowest BCUT2D eigenvalue weighted by Gasteiger charge is -2.10. The molecule has 0 atom stereocenters. The van der Waals surface area contributed by atoms with Gasteiger partial charge in [0.2, 0.25) is 0 Å². The fourth-order valence-electron chi connectivity index (χ4n) is 1.93. The standard InChI is InChI=1S/C14H17N3O4/c1-3-20-11(18)7-9-17-12-10(6-5-8-15-12)16-13(14(17)19)21-4-2/h5-6,8H,3-4,7,9H2,1-2H3. The number of carbonyl (C=O) groups is 1. The molecule has 0 saturated heterocycles. The Labute approximate surface area is 121 Å². The molecule has 0 fully saturated rings. The average molecular weight is 291 g/mol. The molecule has 7 heteroatoms. The van der Waals surface area contributed by atoms with Gasteiger partial charge >= 0.3 is 11.5 Å². The summed E-state index contributed by atoms with van der Waals surface area (Å²) in [4.78, 5) is 32.1. The third-order valence-corrected chi connectivity index (χ3v) is 2.80. The van der Waals surface area contributed by atoms with Gasteiger partial charge in [0.1, 0.15) is 5.52 Å². The molecule has 2 aromatic rings. The summed E-state index contributed by atoms with van der Waals surface area (Å²) in [6.07, 6.45) is 1.67. The number of ether oxygens (including phenoxy) is 2. The van der Waals surface area contributed by atoms with Crippen molar-refractivity contribution in [1.82, 2.24) is 14.5 Å². The normalized spacial score (nSPS) is 10.6. The highest BCUT2D eigenvalue weighted by molar-refractivity contribution is 5.71. The summed E-state index contributed by atoms with van der Waals surface area (Å²) in [5, 5.41) is 0. The Morgan fingerprint density at radius 2 is 2.14 bits per heavy atom. The van der Waals surface area contributed by atoms with Gasteiger partial charge in [0.05, 0.1) is 19.6 Å². The topological polar surface area (TPSA) is 83.3 Å². The van der Waals surface area contributed by atoms with Gasteiger partial charge in [0.15, 0.2) is 5.65 Å². The molecular weight excluding hydrogens is 274 g/mol. The van der Waals surface area contributed by atoms with Crippen LogP contribution in [0.1, 0.15) is 20.3 Å². The largest absolute Gasteiger partial charge is 0.474 e. The fraction of sp³-hybridized carbons (Fsp3) is 0.429. The number of fused-ring (bicyclic) bond motifs is 1. The fourth-order valence-corrected chi connectivity index (χ4v) is 1.93. The summed E-state index contributed by atoms with van der Waals surface area (Å²) in [6.45, 7) is 4.34. The third kappa shape index (κ3) is 3.36. The van der Waals surface area contributed by atoms with Gasteiger partial charge in [-0.15, -0.1) is 0 Å². The zero-order valence-electron chi connectivity index (χ0n) is 12.0. The van der Waals surface area contributed by atoms with Gasteiger partial charge in [-0.25, -0.2) is 9.97 Å². The predicted octanol–water partition coefficient (Wildman–Crippen LogP) is 1.14. The van der Waals surface area contributed by atoms with Crippen LogP contribution >= 0.6 is 0 Å². The number of aromatic nitrogens is 3. The Morgan fingerprint density at radius 1 is 1.33 bits per heavy atom. The van der Waals surface area contributed by atoms with Crippen molar-refractivity contribution in [3.63, 3.8) is 0 Å². The van der Waals surface area contributed by atoms with Gasteiger partial charge < -0.3 is 9.47 Å². The zero-order valence-corrected chi connectivity index (χ0v) is 12.0. The lowest BCUT2D eigenvalue weighted by Crippen LogP contribution is -2.26. The van der Waals surface area contributed by atoms with Crippen LogP contribution in [0.2, 0.25) is 0 Å². The molecule has 2 heterocycles. The maximum atomic E-state index is 12.3. The molecule has 0 bridgehead atoms. The summed E-state index contributed by atoms with van der Waals surface area (Å²) in [7, 11) is 0. The van der Waals surface area contributed by atoms with E-state index in [-0.39, 0.29) is 24.8 Å². The van der Waals surface area contributed by atoms with Crippen LogP contribution in [-0.2, 0) is 16.1 Å². The molecule has 0 unspecified atom stereocenters. The van der Waals surface area contributed by atoms with E-state index in [1.807, 2.05) is 0 Å². The Kier molecular flexibility index (Phi) is 4.86. The second-order valence-corrected chi connectivity index (χ2v) is 4.21. The third-order valence-electron chi connectivity index (χ3n) is 2.80. The molecule has 0 radical (unpaired) electrons. The first-order valence-electron chi connectivity index (χ1n) is 6.81. The SMILES string of the molecule is CCOC(=O)CCn1c(=O)c(OCC)nc2cccnc21. The number of nitrogens with zero attached hydrogens (tertiary/aromatic N) is 3. The quantitative estimate of drug-likeness (QED) is 0.742. The maximum absolute atomic E-state index is 12.3. The summed E-state index contributed by atoms with van der Waals surface area (Å²) in [5.41, 5.74) is 0.576. The monoisotopic (exact) mass is 291 g/mol. The maximum Gasteiger partial charge on any atom is 0.314 e. The predicted molar refractivity (Wildman–Crippen MR) is 76.2 cm³/mol. The Morgan fingerprint density at radius 3 is 2.86 bits per heavy atom. The van der Waals surface area contributed by atoms with E-state index in [0.717, 1.165) is 0 Å². The average Bonchev–Trinajstić information content (AvgIpc) is 2.48. The number of pyridine rings is 1. The van der Waals surface area contributed by atoms with E-state index >= 15 is 0 Å². The molecule has 0 aliphatic heterocycles. The van der Waals surface area contributed by atoms with Gasteiger partial charge in [0, 0.05) is 12.7 Å². The Balaban J connectivity index is 2.41. The van der Waals surface area contributed by atoms with Crippen molar-refractivity contribution in [2.75, 3.05) is 13.2 Å². The van der Waals surface area contributed by atoms with E-state index in [0.29, 0.717) is 24.4 Å². The molecule has 0 saturated carbocycles. The minimum atomic E-state index is -0.396. The lowest BCUT2D eigenvalue weighted by atomic mass is 10.3. The molecule has 0 aliphatic rings.